The molecule has 69 heavy (non-hydrogen) atoms. The molecule has 0 aromatic rings. The minimum absolute atomic E-state index is 0.0153. The van der Waals surface area contributed by atoms with Crippen molar-refractivity contribution in [2.45, 2.75) is 180 Å². The lowest BCUT2D eigenvalue weighted by molar-refractivity contribution is -0.265. The molecule has 15 nitrogen and oxygen atoms in total. The van der Waals surface area contributed by atoms with Crippen molar-refractivity contribution in [1.29, 1.82) is 0 Å². The maximum absolute atomic E-state index is 14.5. The Bertz CT molecular complexity index is 1950. The average Bonchev–Trinajstić information content (AvgIpc) is 3.31. The van der Waals surface area contributed by atoms with Gasteiger partial charge in [0.15, 0.2) is 5.78 Å². The molecule has 0 radical (unpaired) electrons. The number of ketones is 3. The van der Waals surface area contributed by atoms with Crippen LogP contribution in [-0.2, 0) is 52.0 Å². The number of methoxy groups -OCH3 is 2. The molecule has 3 fully saturated rings. The molecule has 1 unspecified atom stereocenters. The van der Waals surface area contributed by atoms with E-state index in [9.17, 15) is 43.9 Å². The second kappa shape index (κ2) is 26.8. The number of thiol groups is 1. The maximum Gasteiger partial charge on any atom is 0.329 e. The van der Waals surface area contributed by atoms with Crippen LogP contribution in [0.1, 0.15) is 126 Å². The summed E-state index contributed by atoms with van der Waals surface area (Å²) in [5.41, 5.74) is 1.08. The molecule has 4 aliphatic rings. The molecule has 3 N–H and O–H groups in total. The second-order valence-electron chi connectivity index (χ2n) is 20.6. The first-order valence-corrected chi connectivity index (χ1v) is 27.9. The molecule has 4 rings (SSSR count). The zero-order valence-corrected chi connectivity index (χ0v) is 44.4. The van der Waals surface area contributed by atoms with E-state index in [1.807, 2.05) is 26.0 Å². The van der Waals surface area contributed by atoms with Crippen molar-refractivity contribution in [3.05, 3.63) is 47.6 Å². The van der Waals surface area contributed by atoms with Gasteiger partial charge in [-0.05, 0) is 107 Å². The number of esters is 1. The van der Waals surface area contributed by atoms with Gasteiger partial charge in [0.05, 0.1) is 29.9 Å². The normalized spacial score (nSPS) is 39.7. The third kappa shape index (κ3) is 16.1. The number of hydrogen-bond donors (Lipinski definition) is 4. The first kappa shape index (κ1) is 58.8. The van der Waals surface area contributed by atoms with Crippen molar-refractivity contribution in [2.75, 3.05) is 32.9 Å². The standard InChI is InChI=1S/C52H82NO14PS/c1-31-16-12-11-13-17-32(2)41(54)28-39-21-19-37(7)52(61,66-39)49(58)50(59)53-23-15-14-18-40(53)51(60)65-44(34(4)26-38-20-22-43(45(27-38)63-8)67-68(10,62)30-69)29-42(55)33(3)25-36(6)47(57)48(64-9)46(56)35(5)24-31/h11-13,16-17,25,31,33-35,37-41,43-45,47-48,54,57,61,69H,14-15,18-24,26-30H2,1-10H3/b13-11+,16-12+,32-17+,36-25+/t31-,33-,34-,35-,37-,38+,39+,40+,41+,43-,44+,45-,47-,48+,52-,68?/m1/s1. The minimum atomic E-state index is -2.94. The zero-order chi connectivity index (χ0) is 51.4. The number of ether oxygens (including phenoxy) is 4. The number of fused-ring (bicyclic) bond motifs is 3. The molecular formula is C52H82NO14PS. The smallest absolute Gasteiger partial charge is 0.329 e. The number of amides is 1. The number of nitrogens with zero attached hydrogens (tertiary/aromatic N) is 1. The molecule has 1 aliphatic carbocycles. The van der Waals surface area contributed by atoms with Gasteiger partial charge in [-0.1, -0.05) is 71.1 Å². The van der Waals surface area contributed by atoms with Crippen LogP contribution in [0.4, 0.5) is 0 Å². The van der Waals surface area contributed by atoms with Crippen LogP contribution in [0.2, 0.25) is 0 Å². The van der Waals surface area contributed by atoms with E-state index in [0.717, 1.165) is 4.90 Å². The average molecular weight is 1010 g/mol. The fourth-order valence-corrected chi connectivity index (χ4v) is 11.4. The highest BCUT2D eigenvalue weighted by Crippen LogP contribution is 2.48. The van der Waals surface area contributed by atoms with Crippen LogP contribution in [0.5, 0.6) is 0 Å². The molecule has 16 atom stereocenters. The summed E-state index contributed by atoms with van der Waals surface area (Å²) in [5.74, 6) is -8.47. The summed E-state index contributed by atoms with van der Waals surface area (Å²) >= 11 is 4.20. The minimum Gasteiger partial charge on any atom is -0.460 e. The Hall–Kier alpha value is -2.79. The Balaban J connectivity index is 1.69. The van der Waals surface area contributed by atoms with Gasteiger partial charge < -0.3 is 43.7 Å². The van der Waals surface area contributed by atoms with Gasteiger partial charge in [-0.3, -0.25) is 23.7 Å². The monoisotopic (exact) mass is 1010 g/mol. The van der Waals surface area contributed by atoms with Crippen molar-refractivity contribution in [2.24, 2.45) is 35.5 Å². The number of carbonyl (C=O) groups is 5. The van der Waals surface area contributed by atoms with Crippen LogP contribution in [0.15, 0.2) is 47.6 Å². The van der Waals surface area contributed by atoms with Gasteiger partial charge in [0.25, 0.3) is 11.7 Å². The van der Waals surface area contributed by atoms with E-state index in [1.165, 1.54) is 7.11 Å². The Morgan fingerprint density at radius 3 is 2.28 bits per heavy atom. The van der Waals surface area contributed by atoms with Crippen LogP contribution in [-0.4, -0.2) is 137 Å². The largest absolute Gasteiger partial charge is 0.460 e. The van der Waals surface area contributed by atoms with Gasteiger partial charge in [-0.2, -0.15) is 12.6 Å². The molecule has 1 saturated carbocycles. The highest BCUT2D eigenvalue weighted by Gasteiger charge is 2.53. The maximum atomic E-state index is 14.5. The molecule has 0 aromatic carbocycles. The SMILES string of the molecule is CO[C@@H]1C[C@H](C[C@@H](C)[C@@H]2CC(=O)[C@H](C)/C=C(\C)[C@@H](O)[C@@H](OC)C(=O)[C@H](C)C[C@H](C)/C=C/C=C/C=C(\C)[C@@H](O)C[C@@H]3CC[C@@H](C)[C@@](O)(O3)C(=O)C(=O)N3CCCC[C@H]3C(=O)O2)CC[C@H]1OP(C)(=O)CS. The lowest BCUT2D eigenvalue weighted by atomic mass is 9.78. The lowest BCUT2D eigenvalue weighted by Crippen LogP contribution is -2.61. The quantitative estimate of drug-likeness (QED) is 0.0616. The van der Waals surface area contributed by atoms with Crippen molar-refractivity contribution in [3.63, 3.8) is 0 Å². The van der Waals surface area contributed by atoms with E-state index >= 15 is 0 Å². The summed E-state index contributed by atoms with van der Waals surface area (Å²) < 4.78 is 42.5. The van der Waals surface area contributed by atoms with Crippen LogP contribution in [0, 0.1) is 35.5 Å². The predicted octanol–water partition coefficient (Wildman–Crippen LogP) is 7.35. The van der Waals surface area contributed by atoms with Crippen LogP contribution >= 0.6 is 20.0 Å². The van der Waals surface area contributed by atoms with Gasteiger partial charge in [0.2, 0.25) is 13.2 Å². The van der Waals surface area contributed by atoms with Gasteiger partial charge in [-0.25, -0.2) is 4.79 Å². The van der Waals surface area contributed by atoms with Crippen LogP contribution < -0.4 is 0 Å². The Labute approximate surface area is 416 Å². The van der Waals surface area contributed by atoms with Crippen molar-refractivity contribution < 1.29 is 67.3 Å². The number of piperidine rings is 1. The summed E-state index contributed by atoms with van der Waals surface area (Å²) in [5, 5.41) is 34.5. The Morgan fingerprint density at radius 2 is 1.61 bits per heavy atom. The molecular weight excluding hydrogens is 926 g/mol. The topological polar surface area (TPSA) is 212 Å². The summed E-state index contributed by atoms with van der Waals surface area (Å²) in [6, 6.07) is -1.18. The second-order valence-corrected chi connectivity index (χ2v) is 24.0. The third-order valence-corrected chi connectivity index (χ3v) is 17.6. The van der Waals surface area contributed by atoms with E-state index in [4.69, 9.17) is 23.5 Å². The van der Waals surface area contributed by atoms with E-state index in [0.29, 0.717) is 68.9 Å². The van der Waals surface area contributed by atoms with Crippen molar-refractivity contribution in [3.8, 4) is 0 Å². The molecule has 390 valence electrons. The number of aliphatic hydroxyl groups is 3. The number of carbonyl (C=O) groups excluding carboxylic acids is 5. The highest BCUT2D eigenvalue weighted by molar-refractivity contribution is 7.89. The summed E-state index contributed by atoms with van der Waals surface area (Å²) in [6.07, 6.45) is 9.49. The molecule has 2 saturated heterocycles. The van der Waals surface area contributed by atoms with Crippen molar-refractivity contribution in [1.82, 2.24) is 4.90 Å². The number of allylic oxidation sites excluding steroid dienone is 6. The molecule has 0 aromatic heterocycles. The lowest BCUT2D eigenvalue weighted by Gasteiger charge is -2.42. The summed E-state index contributed by atoms with van der Waals surface area (Å²) in [7, 11) is 0.00940. The third-order valence-electron chi connectivity index (χ3n) is 14.8. The van der Waals surface area contributed by atoms with E-state index in [1.54, 1.807) is 72.7 Å². The van der Waals surface area contributed by atoms with Crippen LogP contribution in [0.25, 0.3) is 0 Å². The van der Waals surface area contributed by atoms with Gasteiger partial charge >= 0.3 is 5.97 Å². The number of aliphatic hydroxyl groups excluding tert-OH is 2. The molecule has 0 spiro atoms. The van der Waals surface area contributed by atoms with E-state index in [2.05, 4.69) is 12.6 Å². The van der Waals surface area contributed by atoms with Crippen molar-refractivity contribution >= 4 is 49.2 Å². The van der Waals surface area contributed by atoms with Gasteiger partial charge in [-0.15, -0.1) is 0 Å². The number of rotatable bonds is 8. The number of cyclic esters (lactones) is 1. The van der Waals surface area contributed by atoms with Gasteiger partial charge in [0, 0.05) is 58.0 Å². The molecule has 17 heteroatoms. The zero-order valence-electron chi connectivity index (χ0n) is 42.6. The van der Waals surface area contributed by atoms with Gasteiger partial charge in [0.1, 0.15) is 30.1 Å². The first-order valence-electron chi connectivity index (χ1n) is 25.0. The van der Waals surface area contributed by atoms with E-state index < -0.39 is 85.1 Å². The molecule has 3 heterocycles. The fourth-order valence-electron chi connectivity index (χ4n) is 10.3. The predicted molar refractivity (Wildman–Crippen MR) is 267 cm³/mol. The Morgan fingerprint density at radius 1 is 0.899 bits per heavy atom. The van der Waals surface area contributed by atoms with E-state index in [-0.39, 0.29) is 72.8 Å². The summed E-state index contributed by atoms with van der Waals surface area (Å²) in [6.45, 7) is 14.0. The Kier molecular flexibility index (Phi) is 22.8. The highest BCUT2D eigenvalue weighted by atomic mass is 32.1. The van der Waals surface area contributed by atoms with Crippen LogP contribution in [0.3, 0.4) is 0 Å². The summed E-state index contributed by atoms with van der Waals surface area (Å²) in [4.78, 5) is 72.0. The number of hydrogen-bond acceptors (Lipinski definition) is 15. The number of Topliss-reactive ketones (excluding diaryl/α,β-unsaturated/α-hetero) is 3. The molecule has 3 aliphatic heterocycles. The molecule has 2 bridgehead atoms. The first-order chi connectivity index (χ1) is 32.5. The fraction of sp³-hybridized carbons (Fsp3) is 0.750. The molecule has 1 amide bonds.